The fourth-order valence-corrected chi connectivity index (χ4v) is 3.41. The van der Waals surface area contributed by atoms with E-state index in [0.29, 0.717) is 0 Å². The Bertz CT molecular complexity index is 1000. The third-order valence-corrected chi connectivity index (χ3v) is 4.92. The number of hydrogen-bond acceptors (Lipinski definition) is 3. The first kappa shape index (κ1) is 20.8. The van der Waals surface area contributed by atoms with E-state index >= 15 is 0 Å². The van der Waals surface area contributed by atoms with Crippen LogP contribution in [-0.2, 0) is 10.0 Å². The van der Waals surface area contributed by atoms with Crippen LogP contribution in [0.1, 0.15) is 31.1 Å². The number of sulfonamides is 1. The molecule has 0 heterocycles. The molecular weight excluding hydrogens is 393 g/mol. The van der Waals surface area contributed by atoms with Crippen LogP contribution >= 0.6 is 0 Å². The molecule has 2 aromatic rings. The number of rotatable bonds is 4. The van der Waals surface area contributed by atoms with Crippen LogP contribution in [0.5, 0.6) is 0 Å². The van der Waals surface area contributed by atoms with Gasteiger partial charge >= 0.3 is 0 Å². The summed E-state index contributed by atoms with van der Waals surface area (Å²) >= 11 is 0. The molecule has 0 radical (unpaired) electrons. The zero-order valence-electron chi connectivity index (χ0n) is 14.3. The highest BCUT2D eigenvalue weighted by molar-refractivity contribution is 7.92. The number of para-hydroxylation sites is 1. The Hall–Kier alpha value is -2.49. The van der Waals surface area contributed by atoms with E-state index in [0.717, 1.165) is 6.07 Å². The quantitative estimate of drug-likeness (QED) is 0.353. The second-order valence-electron chi connectivity index (χ2n) is 6.63. The summed E-state index contributed by atoms with van der Waals surface area (Å²) in [6.07, 6.45) is 0. The monoisotopic (exact) mass is 407 g/mol. The molecule has 0 unspecified atom stereocenters. The van der Waals surface area contributed by atoms with Crippen molar-refractivity contribution < 1.29 is 35.2 Å². The number of nitrogens with one attached hydrogen (secondary N) is 1. The maximum atomic E-state index is 13.8. The van der Waals surface area contributed by atoms with Crippen LogP contribution in [0.25, 0.3) is 0 Å². The van der Waals surface area contributed by atoms with Crippen molar-refractivity contribution in [3.63, 3.8) is 0 Å². The summed E-state index contributed by atoms with van der Waals surface area (Å²) in [6, 6.07) is 5.15. The zero-order chi connectivity index (χ0) is 20.7. The van der Waals surface area contributed by atoms with Gasteiger partial charge in [0.25, 0.3) is 10.0 Å². The molecule has 4 nitrogen and oxygen atoms in total. The van der Waals surface area contributed by atoms with Crippen molar-refractivity contribution in [2.24, 2.45) is 5.41 Å². The van der Waals surface area contributed by atoms with E-state index in [1.165, 1.54) is 18.2 Å². The number of hydrogen-bond donors (Lipinski definition) is 1. The van der Waals surface area contributed by atoms with E-state index in [4.69, 9.17) is 0 Å². The van der Waals surface area contributed by atoms with Crippen molar-refractivity contribution in [1.29, 1.82) is 0 Å². The predicted octanol–water partition coefficient (Wildman–Crippen LogP) is 4.41. The Morgan fingerprint density at radius 3 is 1.78 bits per heavy atom. The van der Waals surface area contributed by atoms with Gasteiger partial charge in [-0.1, -0.05) is 32.9 Å². The summed E-state index contributed by atoms with van der Waals surface area (Å²) in [5.41, 5.74) is -1.41. The average Bonchev–Trinajstić information content (AvgIpc) is 2.57. The number of benzene rings is 2. The van der Waals surface area contributed by atoms with Crippen LogP contribution in [0.4, 0.5) is 27.6 Å². The molecule has 2 aromatic carbocycles. The third-order valence-electron chi connectivity index (χ3n) is 3.54. The molecule has 2 rings (SSSR count). The summed E-state index contributed by atoms with van der Waals surface area (Å²) in [5, 5.41) is 0. The molecule has 0 spiro atoms. The minimum atomic E-state index is -5.24. The molecule has 27 heavy (non-hydrogen) atoms. The fraction of sp³-hybridized carbons (Fsp3) is 0.235. The number of carbonyl (C=O) groups is 1. The van der Waals surface area contributed by atoms with Crippen LogP contribution < -0.4 is 4.72 Å². The Kier molecular flexibility index (Phi) is 5.33. The Labute approximate surface area is 152 Å². The van der Waals surface area contributed by atoms with Gasteiger partial charge in [0.15, 0.2) is 33.9 Å². The number of Topliss-reactive ketones (excluding diaryl/α,β-unsaturated/α-hetero) is 1. The molecule has 0 aliphatic rings. The second kappa shape index (κ2) is 6.91. The highest BCUT2D eigenvalue weighted by Gasteiger charge is 2.34. The average molecular weight is 407 g/mol. The first-order valence-electron chi connectivity index (χ1n) is 7.47. The molecule has 1 N–H and O–H groups in total. The lowest BCUT2D eigenvalue weighted by atomic mass is 9.86. The third kappa shape index (κ3) is 3.80. The molecule has 0 bridgehead atoms. The minimum absolute atomic E-state index is 0.127. The van der Waals surface area contributed by atoms with Crippen LogP contribution in [0.3, 0.4) is 0 Å². The van der Waals surface area contributed by atoms with Crippen molar-refractivity contribution in [3.8, 4) is 0 Å². The molecule has 0 aliphatic carbocycles. The van der Waals surface area contributed by atoms with E-state index in [2.05, 4.69) is 0 Å². The van der Waals surface area contributed by atoms with Gasteiger partial charge < -0.3 is 0 Å². The van der Waals surface area contributed by atoms with E-state index in [1.807, 2.05) is 0 Å². The SMILES string of the molecule is CC(C)(C)C(=O)c1ccccc1NS(=O)(=O)c1c(F)c(F)c(F)c(F)c1F. The molecule has 146 valence electrons. The topological polar surface area (TPSA) is 63.2 Å². The lowest BCUT2D eigenvalue weighted by molar-refractivity contribution is 0.0859. The first-order chi connectivity index (χ1) is 12.3. The molecule has 0 aliphatic heterocycles. The van der Waals surface area contributed by atoms with E-state index in [9.17, 15) is 35.2 Å². The molecule has 0 saturated carbocycles. The molecule has 0 aromatic heterocycles. The number of carbonyl (C=O) groups excluding carboxylic acids is 1. The van der Waals surface area contributed by atoms with Gasteiger partial charge in [0.2, 0.25) is 5.82 Å². The summed E-state index contributed by atoms with van der Waals surface area (Å²) < 4.78 is 93.8. The van der Waals surface area contributed by atoms with Gasteiger partial charge in [0, 0.05) is 11.0 Å². The van der Waals surface area contributed by atoms with Gasteiger partial charge in [-0.3, -0.25) is 9.52 Å². The van der Waals surface area contributed by atoms with Crippen LogP contribution in [0.2, 0.25) is 0 Å². The Morgan fingerprint density at radius 2 is 1.30 bits per heavy atom. The number of ketones is 1. The van der Waals surface area contributed by atoms with Crippen molar-refractivity contribution in [2.75, 3.05) is 4.72 Å². The van der Waals surface area contributed by atoms with Crippen LogP contribution in [0, 0.1) is 34.5 Å². The molecular formula is C17H14F5NO3S. The molecule has 0 atom stereocenters. The van der Waals surface area contributed by atoms with Crippen LogP contribution in [-0.4, -0.2) is 14.2 Å². The lowest BCUT2D eigenvalue weighted by Crippen LogP contribution is -2.24. The molecule has 0 amide bonds. The first-order valence-corrected chi connectivity index (χ1v) is 8.95. The van der Waals surface area contributed by atoms with Gasteiger partial charge in [-0.25, -0.2) is 30.4 Å². The van der Waals surface area contributed by atoms with Crippen LogP contribution in [0.15, 0.2) is 29.2 Å². The maximum Gasteiger partial charge on any atom is 0.268 e. The predicted molar refractivity (Wildman–Crippen MR) is 87.3 cm³/mol. The standard InChI is InChI=1S/C17H14F5NO3S/c1-17(2,3)16(24)8-6-4-5-7-9(8)23-27(25,26)15-13(21)11(19)10(18)12(20)14(15)22/h4-7,23H,1-3H3. The summed E-state index contributed by atoms with van der Waals surface area (Å²) in [4.78, 5) is 10.4. The summed E-state index contributed by atoms with van der Waals surface area (Å²) in [6.45, 7) is 4.68. The second-order valence-corrected chi connectivity index (χ2v) is 8.25. The number of anilines is 1. The van der Waals surface area contributed by atoms with Crippen molar-refractivity contribution in [1.82, 2.24) is 0 Å². The highest BCUT2D eigenvalue weighted by atomic mass is 32.2. The van der Waals surface area contributed by atoms with E-state index in [-0.39, 0.29) is 11.3 Å². The lowest BCUT2D eigenvalue weighted by Gasteiger charge is -2.20. The van der Waals surface area contributed by atoms with E-state index < -0.39 is 55.2 Å². The summed E-state index contributed by atoms with van der Waals surface area (Å²) in [7, 11) is -5.24. The van der Waals surface area contributed by atoms with Gasteiger partial charge in [0.1, 0.15) is 0 Å². The van der Waals surface area contributed by atoms with Gasteiger partial charge in [-0.2, -0.15) is 0 Å². The zero-order valence-corrected chi connectivity index (χ0v) is 15.1. The normalized spacial score (nSPS) is 12.1. The van der Waals surface area contributed by atoms with Gasteiger partial charge in [-0.15, -0.1) is 0 Å². The largest absolute Gasteiger partial charge is 0.294 e. The Balaban J connectivity index is 2.63. The van der Waals surface area contributed by atoms with Crippen molar-refractivity contribution in [2.45, 2.75) is 25.7 Å². The maximum absolute atomic E-state index is 13.8. The molecule has 10 heteroatoms. The summed E-state index contributed by atoms with van der Waals surface area (Å²) in [5.74, 6) is -12.8. The van der Waals surface area contributed by atoms with Crippen molar-refractivity contribution >= 4 is 21.5 Å². The Morgan fingerprint density at radius 1 is 0.852 bits per heavy atom. The number of halogens is 5. The molecule has 0 saturated heterocycles. The molecule has 0 fully saturated rings. The van der Waals surface area contributed by atoms with Gasteiger partial charge in [-0.05, 0) is 12.1 Å². The van der Waals surface area contributed by atoms with E-state index in [1.54, 1.807) is 25.5 Å². The van der Waals surface area contributed by atoms with Gasteiger partial charge in [0.05, 0.1) is 5.69 Å². The van der Waals surface area contributed by atoms with Crippen molar-refractivity contribution in [3.05, 3.63) is 58.9 Å². The highest BCUT2D eigenvalue weighted by Crippen LogP contribution is 2.31. The minimum Gasteiger partial charge on any atom is -0.294 e. The fourth-order valence-electron chi connectivity index (χ4n) is 2.19. The smallest absolute Gasteiger partial charge is 0.268 e.